The third-order valence-electron chi connectivity index (χ3n) is 2.62. The molecule has 1 atom stereocenters. The number of carboxylic acids is 1. The molecule has 3 heteroatoms. The molecule has 1 rings (SSSR count). The summed E-state index contributed by atoms with van der Waals surface area (Å²) in [4.78, 5) is 10.7. The van der Waals surface area contributed by atoms with Crippen LogP contribution in [0.25, 0.3) is 0 Å². The van der Waals surface area contributed by atoms with E-state index >= 15 is 0 Å². The van der Waals surface area contributed by atoms with Crippen LogP contribution in [-0.2, 0) is 11.2 Å². The molecule has 0 amide bonds. The molecule has 0 saturated heterocycles. The first kappa shape index (κ1) is 12.7. The molecule has 0 saturated carbocycles. The largest absolute Gasteiger partial charge is 0.480 e. The van der Waals surface area contributed by atoms with Crippen LogP contribution in [0.15, 0.2) is 30.3 Å². The standard InChI is InChI=1S/C13H19NO2/c1-13(2,9-11(14)12(15)16)8-10-6-4-3-5-7-10/h3-7,11H,8-9,14H2,1-2H3,(H,15,16). The maximum absolute atomic E-state index is 10.7. The summed E-state index contributed by atoms with van der Waals surface area (Å²) in [5.41, 5.74) is 6.67. The van der Waals surface area contributed by atoms with Crippen molar-refractivity contribution in [1.29, 1.82) is 0 Å². The molecule has 1 aromatic carbocycles. The normalized spacial score (nSPS) is 13.4. The highest BCUT2D eigenvalue weighted by molar-refractivity contribution is 5.73. The van der Waals surface area contributed by atoms with E-state index in [1.807, 2.05) is 44.2 Å². The summed E-state index contributed by atoms with van der Waals surface area (Å²) in [6.07, 6.45) is 1.33. The van der Waals surface area contributed by atoms with E-state index in [1.54, 1.807) is 0 Å². The van der Waals surface area contributed by atoms with Gasteiger partial charge in [0.1, 0.15) is 6.04 Å². The Balaban J connectivity index is 2.61. The molecule has 1 aromatic rings. The predicted molar refractivity (Wildman–Crippen MR) is 64.2 cm³/mol. The SMILES string of the molecule is CC(C)(Cc1ccccc1)CC(N)C(=O)O. The van der Waals surface area contributed by atoms with Gasteiger partial charge in [0.05, 0.1) is 0 Å². The molecular weight excluding hydrogens is 202 g/mol. The zero-order chi connectivity index (χ0) is 12.2. The fourth-order valence-electron chi connectivity index (χ4n) is 1.90. The molecule has 0 aromatic heterocycles. The summed E-state index contributed by atoms with van der Waals surface area (Å²) < 4.78 is 0. The molecule has 1 unspecified atom stereocenters. The molecular formula is C13H19NO2. The van der Waals surface area contributed by atoms with Crippen molar-refractivity contribution in [3.05, 3.63) is 35.9 Å². The highest BCUT2D eigenvalue weighted by atomic mass is 16.4. The maximum Gasteiger partial charge on any atom is 0.320 e. The van der Waals surface area contributed by atoms with Gasteiger partial charge in [0.15, 0.2) is 0 Å². The lowest BCUT2D eigenvalue weighted by molar-refractivity contribution is -0.139. The van der Waals surface area contributed by atoms with Gasteiger partial charge in [-0.15, -0.1) is 0 Å². The average Bonchev–Trinajstić information content (AvgIpc) is 2.17. The van der Waals surface area contributed by atoms with Crippen molar-refractivity contribution in [2.24, 2.45) is 11.1 Å². The molecule has 0 bridgehead atoms. The van der Waals surface area contributed by atoms with Crippen molar-refractivity contribution in [2.45, 2.75) is 32.7 Å². The first-order valence-electron chi connectivity index (χ1n) is 5.43. The number of hydrogen-bond acceptors (Lipinski definition) is 2. The molecule has 0 aliphatic rings. The zero-order valence-corrected chi connectivity index (χ0v) is 9.81. The third kappa shape index (κ3) is 4.03. The van der Waals surface area contributed by atoms with Crippen LogP contribution in [0.3, 0.4) is 0 Å². The summed E-state index contributed by atoms with van der Waals surface area (Å²) in [5, 5.41) is 8.79. The number of hydrogen-bond donors (Lipinski definition) is 2. The first-order valence-corrected chi connectivity index (χ1v) is 5.43. The summed E-state index contributed by atoms with van der Waals surface area (Å²) >= 11 is 0. The third-order valence-corrected chi connectivity index (χ3v) is 2.62. The van der Waals surface area contributed by atoms with Gasteiger partial charge in [0, 0.05) is 0 Å². The van der Waals surface area contributed by atoms with E-state index in [2.05, 4.69) is 0 Å². The quantitative estimate of drug-likeness (QED) is 0.800. The molecule has 0 aliphatic carbocycles. The molecule has 0 aliphatic heterocycles. The second kappa shape index (κ2) is 5.12. The smallest absolute Gasteiger partial charge is 0.320 e. The van der Waals surface area contributed by atoms with E-state index in [1.165, 1.54) is 5.56 Å². The van der Waals surface area contributed by atoms with Gasteiger partial charge >= 0.3 is 5.97 Å². The van der Waals surface area contributed by atoms with E-state index in [0.29, 0.717) is 6.42 Å². The second-order valence-corrected chi connectivity index (χ2v) is 4.98. The van der Waals surface area contributed by atoms with Crippen LogP contribution in [-0.4, -0.2) is 17.1 Å². The fraction of sp³-hybridized carbons (Fsp3) is 0.462. The van der Waals surface area contributed by atoms with Crippen molar-refractivity contribution < 1.29 is 9.90 Å². The van der Waals surface area contributed by atoms with Gasteiger partial charge in [-0.2, -0.15) is 0 Å². The van der Waals surface area contributed by atoms with Gasteiger partial charge in [-0.25, -0.2) is 0 Å². The lowest BCUT2D eigenvalue weighted by Crippen LogP contribution is -2.35. The van der Waals surface area contributed by atoms with Crippen LogP contribution in [0.5, 0.6) is 0 Å². The molecule has 0 fully saturated rings. The Morgan fingerprint density at radius 3 is 2.44 bits per heavy atom. The average molecular weight is 221 g/mol. The van der Waals surface area contributed by atoms with E-state index < -0.39 is 12.0 Å². The Kier molecular flexibility index (Phi) is 4.07. The van der Waals surface area contributed by atoms with Gasteiger partial charge in [-0.05, 0) is 23.8 Å². The van der Waals surface area contributed by atoms with E-state index in [-0.39, 0.29) is 5.41 Å². The van der Waals surface area contributed by atoms with E-state index in [9.17, 15) is 4.79 Å². The Morgan fingerprint density at radius 1 is 1.38 bits per heavy atom. The van der Waals surface area contributed by atoms with Crippen LogP contribution in [0, 0.1) is 5.41 Å². The molecule has 0 spiro atoms. The highest BCUT2D eigenvalue weighted by Crippen LogP contribution is 2.26. The lowest BCUT2D eigenvalue weighted by atomic mass is 9.80. The predicted octanol–water partition coefficient (Wildman–Crippen LogP) is 2.06. The number of rotatable bonds is 5. The number of carboxylic acid groups (broad SMARTS) is 1. The summed E-state index contributed by atoms with van der Waals surface area (Å²) in [6.45, 7) is 4.09. The van der Waals surface area contributed by atoms with Gasteiger partial charge in [-0.3, -0.25) is 4.79 Å². The Morgan fingerprint density at radius 2 is 1.94 bits per heavy atom. The maximum atomic E-state index is 10.7. The molecule has 0 radical (unpaired) electrons. The molecule has 0 heterocycles. The molecule has 16 heavy (non-hydrogen) atoms. The van der Waals surface area contributed by atoms with Crippen molar-refractivity contribution in [2.75, 3.05) is 0 Å². The van der Waals surface area contributed by atoms with Gasteiger partial charge < -0.3 is 10.8 Å². The van der Waals surface area contributed by atoms with E-state index in [0.717, 1.165) is 6.42 Å². The summed E-state index contributed by atoms with van der Waals surface area (Å²) in [7, 11) is 0. The van der Waals surface area contributed by atoms with Crippen LogP contribution >= 0.6 is 0 Å². The highest BCUT2D eigenvalue weighted by Gasteiger charge is 2.25. The van der Waals surface area contributed by atoms with E-state index in [4.69, 9.17) is 10.8 Å². The monoisotopic (exact) mass is 221 g/mol. The fourth-order valence-corrected chi connectivity index (χ4v) is 1.90. The topological polar surface area (TPSA) is 63.3 Å². The van der Waals surface area contributed by atoms with Crippen molar-refractivity contribution in [1.82, 2.24) is 0 Å². The first-order chi connectivity index (χ1) is 7.41. The minimum Gasteiger partial charge on any atom is -0.480 e. The van der Waals surface area contributed by atoms with Crippen molar-refractivity contribution >= 4 is 5.97 Å². The van der Waals surface area contributed by atoms with Crippen molar-refractivity contribution in [3.63, 3.8) is 0 Å². The minimum atomic E-state index is -0.930. The zero-order valence-electron chi connectivity index (χ0n) is 9.81. The van der Waals surface area contributed by atoms with Crippen LogP contribution < -0.4 is 5.73 Å². The van der Waals surface area contributed by atoms with Crippen LogP contribution in [0.2, 0.25) is 0 Å². The second-order valence-electron chi connectivity index (χ2n) is 4.98. The minimum absolute atomic E-state index is 0.0981. The van der Waals surface area contributed by atoms with Crippen molar-refractivity contribution in [3.8, 4) is 0 Å². The summed E-state index contributed by atoms with van der Waals surface area (Å²) in [5.74, 6) is -0.930. The summed E-state index contributed by atoms with van der Waals surface area (Å²) in [6, 6.07) is 9.27. The lowest BCUT2D eigenvalue weighted by Gasteiger charge is -2.26. The van der Waals surface area contributed by atoms with Crippen LogP contribution in [0.1, 0.15) is 25.8 Å². The molecule has 88 valence electrons. The molecule has 3 nitrogen and oxygen atoms in total. The number of carbonyl (C=O) groups is 1. The van der Waals surface area contributed by atoms with Gasteiger partial charge in [0.2, 0.25) is 0 Å². The molecule has 3 N–H and O–H groups in total. The van der Waals surface area contributed by atoms with Gasteiger partial charge in [0.25, 0.3) is 0 Å². The van der Waals surface area contributed by atoms with Gasteiger partial charge in [-0.1, -0.05) is 44.2 Å². The Hall–Kier alpha value is -1.35. The van der Waals surface area contributed by atoms with Crippen LogP contribution in [0.4, 0.5) is 0 Å². The number of nitrogens with two attached hydrogens (primary N) is 1. The number of benzene rings is 1. The number of aliphatic carboxylic acids is 1. The Labute approximate surface area is 96.3 Å². The Bertz CT molecular complexity index is 346.